The van der Waals surface area contributed by atoms with Crippen LogP contribution in [0.3, 0.4) is 0 Å². The number of allylic oxidation sites excluding steroid dienone is 3. The molecule has 36 heavy (non-hydrogen) atoms. The van der Waals surface area contributed by atoms with E-state index in [4.69, 9.17) is 9.83 Å². The van der Waals surface area contributed by atoms with Crippen molar-refractivity contribution in [3.8, 4) is 0 Å². The van der Waals surface area contributed by atoms with Crippen molar-refractivity contribution in [2.45, 2.75) is 26.7 Å². The van der Waals surface area contributed by atoms with Gasteiger partial charge in [-0.15, -0.1) is 0 Å². The van der Waals surface area contributed by atoms with Crippen LogP contribution in [-0.4, -0.2) is 34.7 Å². The fraction of sp³-hybridized carbons (Fsp3) is 0.179. The molecule has 7 nitrogen and oxygen atoms in total. The second kappa shape index (κ2) is 11.6. The molecule has 0 saturated carbocycles. The van der Waals surface area contributed by atoms with E-state index < -0.39 is 6.03 Å². The summed E-state index contributed by atoms with van der Waals surface area (Å²) in [6.07, 6.45) is 9.49. The van der Waals surface area contributed by atoms with E-state index in [1.807, 2.05) is 50.3 Å². The number of furan rings is 1. The van der Waals surface area contributed by atoms with Gasteiger partial charge in [0.1, 0.15) is 16.4 Å². The molecule has 0 radical (unpaired) electrons. The van der Waals surface area contributed by atoms with Gasteiger partial charge in [-0.2, -0.15) is 4.99 Å². The van der Waals surface area contributed by atoms with Gasteiger partial charge in [-0.1, -0.05) is 43.0 Å². The van der Waals surface area contributed by atoms with Crippen LogP contribution in [0.15, 0.2) is 81.4 Å². The Kier molecular flexibility index (Phi) is 8.07. The van der Waals surface area contributed by atoms with Crippen molar-refractivity contribution in [3.05, 3.63) is 83.6 Å². The SMILES string of the molecule is C/C=C\C=NC(=N)c1ccc(NC(=O)/N=C2/C=C(c3cccc4ccoc34)CC(=O)CS2)c(CC)c1.[HH]. The van der Waals surface area contributed by atoms with Crippen molar-refractivity contribution in [2.75, 3.05) is 11.1 Å². The van der Waals surface area contributed by atoms with E-state index in [-0.39, 0.29) is 25.2 Å². The van der Waals surface area contributed by atoms with Gasteiger partial charge in [-0.25, -0.2) is 9.79 Å². The number of anilines is 1. The van der Waals surface area contributed by atoms with Gasteiger partial charge in [0, 0.05) is 36.3 Å². The minimum absolute atomic E-state index is 0. The van der Waals surface area contributed by atoms with E-state index in [1.165, 1.54) is 11.8 Å². The van der Waals surface area contributed by atoms with Gasteiger partial charge in [-0.3, -0.25) is 10.2 Å². The molecule has 4 rings (SSSR count). The molecule has 2 N–H and O–H groups in total. The van der Waals surface area contributed by atoms with E-state index in [0.29, 0.717) is 28.3 Å². The minimum Gasteiger partial charge on any atom is -0.464 e. The number of thioether (sulfide) groups is 1. The summed E-state index contributed by atoms with van der Waals surface area (Å²) >= 11 is 1.25. The number of nitrogens with one attached hydrogen (secondary N) is 2. The summed E-state index contributed by atoms with van der Waals surface area (Å²) in [6, 6.07) is 12.5. The Morgan fingerprint density at radius 1 is 1.28 bits per heavy atom. The normalized spacial score (nSPS) is 15.6. The summed E-state index contributed by atoms with van der Waals surface area (Å²) in [5.74, 6) is 0.443. The number of carbonyl (C=O) groups excluding carboxylic acids is 2. The number of aryl methyl sites for hydroxylation is 1. The van der Waals surface area contributed by atoms with E-state index in [9.17, 15) is 9.59 Å². The number of rotatable bonds is 5. The molecule has 2 amide bonds. The van der Waals surface area contributed by atoms with Gasteiger partial charge < -0.3 is 9.73 Å². The molecular weight excluding hydrogens is 472 g/mol. The molecule has 0 unspecified atom stereocenters. The second-order valence-corrected chi connectivity index (χ2v) is 9.07. The van der Waals surface area contributed by atoms with E-state index in [2.05, 4.69) is 15.3 Å². The summed E-state index contributed by atoms with van der Waals surface area (Å²) in [7, 11) is 0. The molecule has 2 aromatic carbocycles. The number of hydrogen-bond acceptors (Lipinski definition) is 5. The Hall–Kier alpha value is -4.04. The highest BCUT2D eigenvalue weighted by Gasteiger charge is 2.19. The Morgan fingerprint density at radius 3 is 2.94 bits per heavy atom. The van der Waals surface area contributed by atoms with Crippen molar-refractivity contribution >= 4 is 62.9 Å². The lowest BCUT2D eigenvalue weighted by Gasteiger charge is -2.10. The van der Waals surface area contributed by atoms with Crippen molar-refractivity contribution in [3.63, 3.8) is 0 Å². The molecule has 0 saturated heterocycles. The zero-order valence-corrected chi connectivity index (χ0v) is 20.9. The quantitative estimate of drug-likeness (QED) is 0.292. The van der Waals surface area contributed by atoms with Crippen LogP contribution in [0.2, 0.25) is 0 Å². The maximum atomic E-state index is 12.8. The molecule has 3 aromatic rings. The standard InChI is InChI=1S/C28H26N4O3S.H2/c1-3-5-12-30-27(29)20-9-10-24(18(4-2)14-20)31-28(34)32-25-16-21(15-22(33)17-36-25)23-8-6-7-19-11-13-35-26(19)23;/h3,5-14,16,29H,4,15,17H2,1-2H3,(H,31,34);1H/b5-3-,29-27?,30-12?,32-25-;. The zero-order valence-electron chi connectivity index (χ0n) is 20.1. The number of hydrogen-bond donors (Lipinski definition) is 2. The molecule has 2 heterocycles. The lowest BCUT2D eigenvalue weighted by atomic mass is 9.99. The number of carbonyl (C=O) groups is 2. The number of urea groups is 1. The summed E-state index contributed by atoms with van der Waals surface area (Å²) in [4.78, 5) is 33.6. The van der Waals surface area contributed by atoms with Crippen LogP contribution < -0.4 is 5.32 Å². The summed E-state index contributed by atoms with van der Waals surface area (Å²) < 4.78 is 5.65. The molecule has 0 aliphatic carbocycles. The molecule has 8 heteroatoms. The molecule has 1 aliphatic heterocycles. The highest BCUT2D eigenvalue weighted by Crippen LogP contribution is 2.31. The smallest absolute Gasteiger partial charge is 0.346 e. The number of benzene rings is 2. The van der Waals surface area contributed by atoms with E-state index in [0.717, 1.165) is 22.1 Å². The average Bonchev–Trinajstić information content (AvgIpc) is 3.28. The Bertz CT molecular complexity index is 1450. The number of amides is 2. The summed E-state index contributed by atoms with van der Waals surface area (Å²) in [6.45, 7) is 3.86. The first kappa shape index (κ1) is 25.1. The summed E-state index contributed by atoms with van der Waals surface area (Å²) in [5, 5.41) is 12.4. The second-order valence-electron chi connectivity index (χ2n) is 8.08. The molecule has 0 atom stereocenters. The van der Waals surface area contributed by atoms with Gasteiger partial charge in [0.05, 0.1) is 12.0 Å². The molecule has 0 spiro atoms. The molecule has 1 aromatic heterocycles. The average molecular weight is 501 g/mol. The topological polar surface area (TPSA) is 108 Å². The lowest BCUT2D eigenvalue weighted by Crippen LogP contribution is -2.11. The Labute approximate surface area is 215 Å². The third kappa shape index (κ3) is 5.95. The van der Waals surface area contributed by atoms with Crippen LogP contribution in [0, 0.1) is 5.41 Å². The highest BCUT2D eigenvalue weighted by atomic mass is 32.2. The van der Waals surface area contributed by atoms with Crippen LogP contribution in [0.4, 0.5) is 10.5 Å². The zero-order chi connectivity index (χ0) is 25.5. The Morgan fingerprint density at radius 2 is 2.14 bits per heavy atom. The number of para-hydroxylation sites is 1. The van der Waals surface area contributed by atoms with Crippen LogP contribution in [0.5, 0.6) is 0 Å². The van der Waals surface area contributed by atoms with Gasteiger partial charge in [-0.05, 0) is 60.9 Å². The van der Waals surface area contributed by atoms with Crippen LogP contribution in [-0.2, 0) is 11.2 Å². The Balaban J connectivity index is 0.00000380. The van der Waals surface area contributed by atoms with E-state index in [1.54, 1.807) is 36.8 Å². The first-order chi connectivity index (χ1) is 17.5. The molecule has 0 fully saturated rings. The number of amidine groups is 1. The van der Waals surface area contributed by atoms with Crippen LogP contribution in [0.25, 0.3) is 16.5 Å². The highest BCUT2D eigenvalue weighted by molar-refractivity contribution is 8.14. The minimum atomic E-state index is -0.526. The predicted molar refractivity (Wildman–Crippen MR) is 151 cm³/mol. The largest absolute Gasteiger partial charge is 0.464 e. The first-order valence-corrected chi connectivity index (χ1v) is 12.6. The van der Waals surface area contributed by atoms with Crippen LogP contribution >= 0.6 is 11.8 Å². The molecular formula is C28H28N4O3S. The van der Waals surface area contributed by atoms with E-state index >= 15 is 0 Å². The predicted octanol–water partition coefficient (Wildman–Crippen LogP) is 6.93. The van der Waals surface area contributed by atoms with Crippen LogP contribution in [0.1, 0.15) is 38.4 Å². The lowest BCUT2D eigenvalue weighted by molar-refractivity contribution is -0.115. The third-order valence-electron chi connectivity index (χ3n) is 5.59. The van der Waals surface area contributed by atoms with Gasteiger partial charge in [0.15, 0.2) is 5.84 Å². The fourth-order valence-corrected chi connectivity index (χ4v) is 4.60. The maximum Gasteiger partial charge on any atom is 0.346 e. The number of nitrogens with zero attached hydrogens (tertiary/aromatic N) is 2. The molecule has 184 valence electrons. The number of Topliss-reactive ketones (excluding diaryl/α,β-unsaturated/α-hetero) is 1. The maximum absolute atomic E-state index is 12.8. The number of fused-ring (bicyclic) bond motifs is 1. The van der Waals surface area contributed by atoms with Crippen molar-refractivity contribution in [2.24, 2.45) is 9.98 Å². The summed E-state index contributed by atoms with van der Waals surface area (Å²) in [5.41, 5.74) is 4.46. The van der Waals surface area contributed by atoms with Crippen molar-refractivity contribution in [1.29, 1.82) is 5.41 Å². The first-order valence-electron chi connectivity index (χ1n) is 11.6. The van der Waals surface area contributed by atoms with Gasteiger partial charge in [0.2, 0.25) is 0 Å². The molecule has 1 aliphatic rings. The third-order valence-corrected chi connectivity index (χ3v) is 6.56. The number of aliphatic imine (C=N–C) groups is 2. The van der Waals surface area contributed by atoms with Crippen molar-refractivity contribution in [1.82, 2.24) is 0 Å². The molecule has 0 bridgehead atoms. The fourth-order valence-electron chi connectivity index (χ4n) is 3.82. The van der Waals surface area contributed by atoms with Gasteiger partial charge >= 0.3 is 6.03 Å². The number of ketones is 1. The monoisotopic (exact) mass is 500 g/mol. The van der Waals surface area contributed by atoms with Gasteiger partial charge in [0.25, 0.3) is 0 Å². The van der Waals surface area contributed by atoms with Crippen molar-refractivity contribution < 1.29 is 15.4 Å².